The molecular weight excluding hydrogens is 278 g/mol. The molecule has 0 unspecified atom stereocenters. The van der Waals surface area contributed by atoms with Gasteiger partial charge >= 0.3 is 0 Å². The molecule has 6 nitrogen and oxygen atoms in total. The molecule has 0 saturated carbocycles. The SMILES string of the molecule is CCc1cc(C(=O)NCc2nncn2CC)cc(Cl)n1. The molecular formula is C13H16ClN5O. The summed E-state index contributed by atoms with van der Waals surface area (Å²) >= 11 is 5.90. The summed E-state index contributed by atoms with van der Waals surface area (Å²) in [7, 11) is 0. The Bertz CT molecular complexity index is 611. The van der Waals surface area contributed by atoms with Crippen molar-refractivity contribution < 1.29 is 4.79 Å². The summed E-state index contributed by atoms with van der Waals surface area (Å²) in [6.07, 6.45) is 2.37. The molecule has 0 aliphatic heterocycles. The fourth-order valence-electron chi connectivity index (χ4n) is 1.80. The Morgan fingerprint density at radius 3 is 2.90 bits per heavy atom. The summed E-state index contributed by atoms with van der Waals surface area (Å²) in [5, 5.41) is 10.9. The summed E-state index contributed by atoms with van der Waals surface area (Å²) in [5.41, 5.74) is 1.30. The summed E-state index contributed by atoms with van der Waals surface area (Å²) in [4.78, 5) is 16.2. The third-order valence-electron chi connectivity index (χ3n) is 2.92. The van der Waals surface area contributed by atoms with Crippen LogP contribution in [0.25, 0.3) is 0 Å². The van der Waals surface area contributed by atoms with Gasteiger partial charge in [-0.2, -0.15) is 0 Å². The van der Waals surface area contributed by atoms with Crippen LogP contribution in [0.1, 0.15) is 35.7 Å². The predicted molar refractivity (Wildman–Crippen MR) is 75.5 cm³/mol. The zero-order valence-electron chi connectivity index (χ0n) is 11.4. The highest BCUT2D eigenvalue weighted by Crippen LogP contribution is 2.11. The quantitative estimate of drug-likeness (QED) is 0.854. The number of nitrogens with one attached hydrogen (secondary N) is 1. The minimum absolute atomic E-state index is 0.199. The lowest BCUT2D eigenvalue weighted by Gasteiger charge is -2.07. The first kappa shape index (κ1) is 14.5. The van der Waals surface area contributed by atoms with Gasteiger partial charge in [0.15, 0.2) is 5.82 Å². The third kappa shape index (κ3) is 3.33. The summed E-state index contributed by atoms with van der Waals surface area (Å²) < 4.78 is 1.87. The number of hydrogen-bond acceptors (Lipinski definition) is 4. The van der Waals surface area contributed by atoms with E-state index in [9.17, 15) is 4.79 Å². The maximum absolute atomic E-state index is 12.1. The second-order valence-corrected chi connectivity index (χ2v) is 4.63. The maximum Gasteiger partial charge on any atom is 0.251 e. The Balaban J connectivity index is 2.07. The lowest BCUT2D eigenvalue weighted by Crippen LogP contribution is -2.25. The lowest BCUT2D eigenvalue weighted by molar-refractivity contribution is 0.0949. The number of carbonyl (C=O) groups is 1. The van der Waals surface area contributed by atoms with Crippen molar-refractivity contribution in [3.8, 4) is 0 Å². The Morgan fingerprint density at radius 1 is 1.40 bits per heavy atom. The number of aromatic nitrogens is 4. The third-order valence-corrected chi connectivity index (χ3v) is 3.11. The smallest absolute Gasteiger partial charge is 0.251 e. The number of amides is 1. The molecule has 0 bridgehead atoms. The van der Waals surface area contributed by atoms with E-state index in [1.807, 2.05) is 18.4 Å². The van der Waals surface area contributed by atoms with E-state index in [4.69, 9.17) is 11.6 Å². The van der Waals surface area contributed by atoms with Crippen molar-refractivity contribution in [1.29, 1.82) is 0 Å². The van der Waals surface area contributed by atoms with Gasteiger partial charge in [0, 0.05) is 17.8 Å². The molecule has 106 valence electrons. The number of aryl methyl sites for hydroxylation is 2. The molecule has 0 aliphatic rings. The van der Waals surface area contributed by atoms with E-state index >= 15 is 0 Å². The molecule has 1 N–H and O–H groups in total. The van der Waals surface area contributed by atoms with Crippen molar-refractivity contribution in [2.75, 3.05) is 0 Å². The highest BCUT2D eigenvalue weighted by Gasteiger charge is 2.10. The molecule has 20 heavy (non-hydrogen) atoms. The van der Waals surface area contributed by atoms with Gasteiger partial charge in [-0.3, -0.25) is 4.79 Å². The van der Waals surface area contributed by atoms with Gasteiger partial charge in [-0.25, -0.2) is 4.98 Å². The van der Waals surface area contributed by atoms with Gasteiger partial charge in [0.1, 0.15) is 11.5 Å². The summed E-state index contributed by atoms with van der Waals surface area (Å²) in [6, 6.07) is 3.30. The molecule has 2 rings (SSSR count). The van der Waals surface area contributed by atoms with Gasteiger partial charge in [0.2, 0.25) is 0 Å². The van der Waals surface area contributed by atoms with Gasteiger partial charge in [-0.05, 0) is 25.5 Å². The highest BCUT2D eigenvalue weighted by molar-refractivity contribution is 6.29. The lowest BCUT2D eigenvalue weighted by atomic mass is 10.2. The second kappa shape index (κ2) is 6.47. The van der Waals surface area contributed by atoms with E-state index in [0.717, 1.165) is 24.5 Å². The monoisotopic (exact) mass is 293 g/mol. The number of halogens is 1. The van der Waals surface area contributed by atoms with Crippen LogP contribution in [0, 0.1) is 0 Å². The van der Waals surface area contributed by atoms with E-state index in [2.05, 4.69) is 20.5 Å². The molecule has 0 radical (unpaired) electrons. The largest absolute Gasteiger partial charge is 0.345 e. The first-order chi connectivity index (χ1) is 9.63. The number of hydrogen-bond donors (Lipinski definition) is 1. The molecule has 0 saturated heterocycles. The minimum atomic E-state index is -0.199. The molecule has 0 fully saturated rings. The van der Waals surface area contributed by atoms with Crippen molar-refractivity contribution >= 4 is 17.5 Å². The molecule has 2 aromatic rings. The Labute approximate surface area is 122 Å². The van der Waals surface area contributed by atoms with Crippen LogP contribution in [0.5, 0.6) is 0 Å². The fourth-order valence-corrected chi connectivity index (χ4v) is 2.03. The van der Waals surface area contributed by atoms with Gasteiger partial charge in [0.25, 0.3) is 5.91 Å². The average Bonchev–Trinajstić information content (AvgIpc) is 2.91. The van der Waals surface area contributed by atoms with Crippen LogP contribution in [0.3, 0.4) is 0 Å². The van der Waals surface area contributed by atoms with Gasteiger partial charge in [-0.15, -0.1) is 10.2 Å². The molecule has 0 aromatic carbocycles. The number of rotatable bonds is 5. The maximum atomic E-state index is 12.1. The number of nitrogens with zero attached hydrogens (tertiary/aromatic N) is 4. The Hall–Kier alpha value is -1.95. The molecule has 7 heteroatoms. The molecule has 0 aliphatic carbocycles. The zero-order valence-corrected chi connectivity index (χ0v) is 12.2. The molecule has 0 spiro atoms. The Kier molecular flexibility index (Phi) is 4.68. The van der Waals surface area contributed by atoms with E-state index in [-0.39, 0.29) is 5.91 Å². The first-order valence-corrected chi connectivity index (χ1v) is 6.83. The molecule has 2 heterocycles. The van der Waals surface area contributed by atoms with E-state index in [0.29, 0.717) is 17.3 Å². The van der Waals surface area contributed by atoms with Crippen LogP contribution in [0.2, 0.25) is 5.15 Å². The average molecular weight is 294 g/mol. The van der Waals surface area contributed by atoms with Crippen molar-refractivity contribution in [3.05, 3.63) is 40.7 Å². The number of pyridine rings is 1. The minimum Gasteiger partial charge on any atom is -0.345 e. The molecule has 2 aromatic heterocycles. The van der Waals surface area contributed by atoms with Crippen LogP contribution in [0.15, 0.2) is 18.5 Å². The van der Waals surface area contributed by atoms with Gasteiger partial charge in [0.05, 0.1) is 6.54 Å². The molecule has 1 amide bonds. The highest BCUT2D eigenvalue weighted by atomic mass is 35.5. The zero-order chi connectivity index (χ0) is 14.5. The van der Waals surface area contributed by atoms with Crippen LogP contribution in [-0.2, 0) is 19.5 Å². The topological polar surface area (TPSA) is 72.7 Å². The van der Waals surface area contributed by atoms with Crippen molar-refractivity contribution in [3.63, 3.8) is 0 Å². The van der Waals surface area contributed by atoms with Crippen molar-refractivity contribution in [2.45, 2.75) is 33.4 Å². The van der Waals surface area contributed by atoms with Crippen LogP contribution in [0.4, 0.5) is 0 Å². The van der Waals surface area contributed by atoms with E-state index in [1.54, 1.807) is 18.5 Å². The van der Waals surface area contributed by atoms with E-state index in [1.165, 1.54) is 0 Å². The number of carbonyl (C=O) groups excluding carboxylic acids is 1. The fraction of sp³-hybridized carbons (Fsp3) is 0.385. The van der Waals surface area contributed by atoms with Crippen molar-refractivity contribution in [1.82, 2.24) is 25.1 Å². The molecule has 0 atom stereocenters. The Morgan fingerprint density at radius 2 is 2.20 bits per heavy atom. The predicted octanol–water partition coefficient (Wildman–Crippen LogP) is 1.84. The first-order valence-electron chi connectivity index (χ1n) is 6.45. The van der Waals surface area contributed by atoms with Crippen LogP contribution in [-0.4, -0.2) is 25.7 Å². The van der Waals surface area contributed by atoms with Gasteiger partial charge < -0.3 is 9.88 Å². The standard InChI is InChI=1S/C13H16ClN5O/c1-3-10-5-9(6-11(14)17-10)13(20)15-7-12-18-16-8-19(12)4-2/h5-6,8H,3-4,7H2,1-2H3,(H,15,20). The summed E-state index contributed by atoms with van der Waals surface area (Å²) in [5.74, 6) is 0.520. The van der Waals surface area contributed by atoms with E-state index < -0.39 is 0 Å². The summed E-state index contributed by atoms with van der Waals surface area (Å²) in [6.45, 7) is 5.04. The second-order valence-electron chi connectivity index (χ2n) is 4.24. The van der Waals surface area contributed by atoms with Crippen LogP contribution < -0.4 is 5.32 Å². The normalized spacial score (nSPS) is 10.6. The van der Waals surface area contributed by atoms with Gasteiger partial charge in [-0.1, -0.05) is 18.5 Å². The van der Waals surface area contributed by atoms with Crippen LogP contribution >= 0.6 is 11.6 Å². The van der Waals surface area contributed by atoms with Crippen molar-refractivity contribution in [2.24, 2.45) is 0 Å².